The van der Waals surface area contributed by atoms with E-state index in [1.165, 1.54) is 18.4 Å². The second-order valence-electron chi connectivity index (χ2n) is 7.01. The van der Waals surface area contributed by atoms with Gasteiger partial charge in [0.15, 0.2) is 0 Å². The Hall–Kier alpha value is -2.76. The van der Waals surface area contributed by atoms with Gasteiger partial charge in [0.2, 0.25) is 5.95 Å². The highest BCUT2D eigenvalue weighted by atomic mass is 15.2. The lowest BCUT2D eigenvalue weighted by atomic mass is 9.92. The minimum Gasteiger partial charge on any atom is -0.341 e. The second kappa shape index (κ2) is 7.23. The first-order valence-corrected chi connectivity index (χ1v) is 9.16. The number of hydrogen-bond acceptors (Lipinski definition) is 5. The third kappa shape index (κ3) is 3.45. The molecule has 0 amide bonds. The van der Waals surface area contributed by atoms with E-state index in [4.69, 9.17) is 0 Å². The fourth-order valence-corrected chi connectivity index (χ4v) is 3.64. The number of pyridine rings is 1. The number of nitrogens with zero attached hydrogens (tertiary/aromatic N) is 6. The molecule has 1 saturated heterocycles. The van der Waals surface area contributed by atoms with Crippen molar-refractivity contribution >= 4 is 5.95 Å². The first-order valence-electron chi connectivity index (χ1n) is 9.16. The molecule has 0 radical (unpaired) electrons. The molecule has 3 aromatic rings. The highest BCUT2D eigenvalue weighted by molar-refractivity contribution is 5.54. The lowest BCUT2D eigenvalue weighted by Crippen LogP contribution is -2.37. The molecule has 0 aromatic carbocycles. The summed E-state index contributed by atoms with van der Waals surface area (Å²) in [5, 5.41) is 0. The quantitative estimate of drug-likeness (QED) is 0.725. The van der Waals surface area contributed by atoms with Gasteiger partial charge in [-0.1, -0.05) is 6.07 Å². The van der Waals surface area contributed by atoms with Crippen molar-refractivity contribution in [2.24, 2.45) is 13.0 Å². The van der Waals surface area contributed by atoms with Gasteiger partial charge < -0.3 is 9.47 Å². The van der Waals surface area contributed by atoms with E-state index in [1.54, 1.807) is 0 Å². The van der Waals surface area contributed by atoms with Gasteiger partial charge >= 0.3 is 0 Å². The predicted octanol–water partition coefficient (Wildman–Crippen LogP) is 3.04. The van der Waals surface area contributed by atoms with Crippen LogP contribution in [0.4, 0.5) is 5.95 Å². The normalized spacial score (nSPS) is 17.5. The number of aromatic nitrogens is 5. The Morgan fingerprint density at radius 1 is 1.08 bits per heavy atom. The van der Waals surface area contributed by atoms with Gasteiger partial charge in [-0.15, -0.1) is 0 Å². The monoisotopic (exact) mass is 348 g/mol. The lowest BCUT2D eigenvalue weighted by Gasteiger charge is -2.32. The molecular weight excluding hydrogens is 324 g/mol. The number of rotatable bonds is 4. The Bertz CT molecular complexity index is 856. The molecule has 0 bridgehead atoms. The molecule has 4 heterocycles. The Balaban J connectivity index is 1.43. The fourth-order valence-electron chi connectivity index (χ4n) is 3.64. The van der Waals surface area contributed by atoms with Gasteiger partial charge in [-0.05, 0) is 49.8 Å². The molecule has 0 spiro atoms. The summed E-state index contributed by atoms with van der Waals surface area (Å²) in [5.74, 6) is 2.45. The zero-order valence-electron chi connectivity index (χ0n) is 15.3. The van der Waals surface area contributed by atoms with Crippen LogP contribution < -0.4 is 4.90 Å². The summed E-state index contributed by atoms with van der Waals surface area (Å²) in [7, 11) is 2.02. The van der Waals surface area contributed by atoms with Gasteiger partial charge in [-0.2, -0.15) is 0 Å². The van der Waals surface area contributed by atoms with E-state index in [0.29, 0.717) is 5.92 Å². The molecule has 1 fully saturated rings. The maximum absolute atomic E-state index is 4.67. The van der Waals surface area contributed by atoms with Crippen molar-refractivity contribution in [3.8, 4) is 11.4 Å². The Morgan fingerprint density at radius 2 is 1.92 bits per heavy atom. The number of anilines is 1. The second-order valence-corrected chi connectivity index (χ2v) is 7.01. The summed E-state index contributed by atoms with van der Waals surface area (Å²) in [6, 6.07) is 6.16. The van der Waals surface area contributed by atoms with E-state index in [0.717, 1.165) is 42.7 Å². The molecule has 4 rings (SSSR count). The van der Waals surface area contributed by atoms with Crippen molar-refractivity contribution in [2.75, 3.05) is 18.0 Å². The molecule has 1 atom stereocenters. The highest BCUT2D eigenvalue weighted by Crippen LogP contribution is 2.24. The van der Waals surface area contributed by atoms with Crippen LogP contribution in [0.15, 0.2) is 43.0 Å². The zero-order valence-corrected chi connectivity index (χ0v) is 15.3. The average molecular weight is 348 g/mol. The molecule has 1 aliphatic rings. The molecule has 134 valence electrons. The van der Waals surface area contributed by atoms with Crippen molar-refractivity contribution < 1.29 is 0 Å². The predicted molar refractivity (Wildman–Crippen MR) is 102 cm³/mol. The lowest BCUT2D eigenvalue weighted by molar-refractivity contribution is 0.409. The topological polar surface area (TPSA) is 59.7 Å². The van der Waals surface area contributed by atoms with Crippen molar-refractivity contribution in [1.29, 1.82) is 0 Å². The number of hydrogen-bond donors (Lipinski definition) is 0. The van der Waals surface area contributed by atoms with Crippen LogP contribution in [0.3, 0.4) is 0 Å². The van der Waals surface area contributed by atoms with E-state index in [-0.39, 0.29) is 0 Å². The molecule has 0 unspecified atom stereocenters. The minimum atomic E-state index is 0.610. The van der Waals surface area contributed by atoms with E-state index < -0.39 is 0 Å². The largest absolute Gasteiger partial charge is 0.341 e. The number of piperidine rings is 1. The zero-order chi connectivity index (χ0) is 17.9. The molecular formula is C20H24N6. The summed E-state index contributed by atoms with van der Waals surface area (Å²) in [6.45, 7) is 4.05. The molecule has 6 nitrogen and oxygen atoms in total. The van der Waals surface area contributed by atoms with Gasteiger partial charge in [-0.25, -0.2) is 15.0 Å². The van der Waals surface area contributed by atoms with Crippen LogP contribution in [0.25, 0.3) is 11.4 Å². The maximum Gasteiger partial charge on any atom is 0.225 e. The minimum absolute atomic E-state index is 0.610. The Labute approximate surface area is 154 Å². The van der Waals surface area contributed by atoms with Crippen LogP contribution in [0, 0.1) is 12.8 Å². The van der Waals surface area contributed by atoms with E-state index in [2.05, 4.69) is 41.5 Å². The standard InChI is InChI=1S/C20H24N6/c1-15-23-13-19(25(15)2)18-7-6-16(12-24-18)11-17-5-3-10-26(14-17)20-21-8-4-9-22-20/h4,6-9,12-13,17H,3,5,10-11,14H2,1-2H3/t17-/m1/s1. The molecule has 1 aliphatic heterocycles. The van der Waals surface area contributed by atoms with Crippen molar-refractivity contribution in [3.63, 3.8) is 0 Å². The first kappa shape index (κ1) is 16.7. The summed E-state index contributed by atoms with van der Waals surface area (Å²) in [4.78, 5) is 20.1. The maximum atomic E-state index is 4.67. The van der Waals surface area contributed by atoms with Crippen LogP contribution in [-0.4, -0.2) is 37.6 Å². The molecule has 3 aromatic heterocycles. The van der Waals surface area contributed by atoms with Crippen molar-refractivity contribution in [1.82, 2.24) is 24.5 Å². The number of imidazole rings is 1. The molecule has 0 aliphatic carbocycles. The molecule has 26 heavy (non-hydrogen) atoms. The van der Waals surface area contributed by atoms with Crippen molar-refractivity contribution in [3.05, 3.63) is 54.4 Å². The SMILES string of the molecule is Cc1ncc(-c2ccc(C[C@H]3CCCN(c4ncccn4)C3)cn2)n1C. The van der Waals surface area contributed by atoms with Gasteiger partial charge in [0.25, 0.3) is 0 Å². The van der Waals surface area contributed by atoms with Crippen molar-refractivity contribution in [2.45, 2.75) is 26.2 Å². The van der Waals surface area contributed by atoms with Gasteiger partial charge in [-0.3, -0.25) is 4.98 Å². The average Bonchev–Trinajstić information content (AvgIpc) is 3.02. The van der Waals surface area contributed by atoms with Crippen LogP contribution in [0.5, 0.6) is 0 Å². The van der Waals surface area contributed by atoms with E-state index >= 15 is 0 Å². The van der Waals surface area contributed by atoms with Crippen LogP contribution >= 0.6 is 0 Å². The summed E-state index contributed by atoms with van der Waals surface area (Å²) >= 11 is 0. The Morgan fingerprint density at radius 3 is 2.62 bits per heavy atom. The smallest absolute Gasteiger partial charge is 0.225 e. The van der Waals surface area contributed by atoms with Crippen LogP contribution in [0.1, 0.15) is 24.2 Å². The summed E-state index contributed by atoms with van der Waals surface area (Å²) in [6.07, 6.45) is 11.0. The summed E-state index contributed by atoms with van der Waals surface area (Å²) < 4.78 is 2.07. The summed E-state index contributed by atoms with van der Waals surface area (Å²) in [5.41, 5.74) is 3.31. The van der Waals surface area contributed by atoms with E-state index in [9.17, 15) is 0 Å². The highest BCUT2D eigenvalue weighted by Gasteiger charge is 2.22. The third-order valence-corrected chi connectivity index (χ3v) is 5.19. The third-order valence-electron chi connectivity index (χ3n) is 5.19. The van der Waals surface area contributed by atoms with E-state index in [1.807, 2.05) is 44.8 Å². The molecule has 6 heteroatoms. The number of aryl methyl sites for hydroxylation is 1. The van der Waals surface area contributed by atoms with Gasteiger partial charge in [0.05, 0.1) is 17.6 Å². The fraction of sp³-hybridized carbons (Fsp3) is 0.400. The Kier molecular flexibility index (Phi) is 4.65. The molecule has 0 N–H and O–H groups in total. The van der Waals surface area contributed by atoms with Gasteiger partial charge in [0.1, 0.15) is 5.82 Å². The van der Waals surface area contributed by atoms with Crippen LogP contribution in [0.2, 0.25) is 0 Å². The van der Waals surface area contributed by atoms with Crippen LogP contribution in [-0.2, 0) is 13.5 Å². The molecule has 0 saturated carbocycles. The first-order chi connectivity index (χ1) is 12.7. The van der Waals surface area contributed by atoms with Gasteiger partial charge in [0, 0.05) is 38.7 Å².